The number of hydrogen-bond donors (Lipinski definition) is 1. The number of amides is 1. The van der Waals surface area contributed by atoms with Crippen molar-refractivity contribution in [1.29, 1.82) is 0 Å². The summed E-state index contributed by atoms with van der Waals surface area (Å²) < 4.78 is 0. The van der Waals surface area contributed by atoms with Gasteiger partial charge in [0.1, 0.15) is 0 Å². The van der Waals surface area contributed by atoms with Gasteiger partial charge in [-0.3, -0.25) is 14.5 Å². The quantitative estimate of drug-likeness (QED) is 0.832. The maximum absolute atomic E-state index is 13.3. The number of nitrogens with zero attached hydrogens (tertiary/aromatic N) is 1. The van der Waals surface area contributed by atoms with Crippen LogP contribution in [0.25, 0.3) is 10.8 Å². The molecular weight excluding hydrogens is 336 g/mol. The molecule has 0 bridgehead atoms. The first-order valence-corrected chi connectivity index (χ1v) is 10.3. The lowest BCUT2D eigenvalue weighted by molar-refractivity contribution is -0.122. The van der Waals surface area contributed by atoms with Gasteiger partial charge in [-0.2, -0.15) is 0 Å². The molecule has 1 heterocycles. The van der Waals surface area contributed by atoms with Crippen molar-refractivity contribution < 1.29 is 9.59 Å². The topological polar surface area (TPSA) is 49.4 Å². The minimum Gasteiger partial charge on any atom is -0.352 e. The molecule has 4 nitrogen and oxygen atoms in total. The summed E-state index contributed by atoms with van der Waals surface area (Å²) in [5.74, 6) is 0.347. The minimum absolute atomic E-state index is 0.00839. The lowest BCUT2D eigenvalue weighted by Gasteiger charge is -2.31. The molecule has 0 spiro atoms. The van der Waals surface area contributed by atoms with Crippen molar-refractivity contribution >= 4 is 22.5 Å². The third-order valence-corrected chi connectivity index (χ3v) is 6.33. The van der Waals surface area contributed by atoms with Gasteiger partial charge >= 0.3 is 0 Å². The van der Waals surface area contributed by atoms with E-state index in [2.05, 4.69) is 34.5 Å². The molecule has 2 aromatic rings. The van der Waals surface area contributed by atoms with Crippen LogP contribution < -0.4 is 5.32 Å². The van der Waals surface area contributed by atoms with Crippen LogP contribution in [0.5, 0.6) is 0 Å². The van der Waals surface area contributed by atoms with Gasteiger partial charge in [0.2, 0.25) is 5.91 Å². The van der Waals surface area contributed by atoms with Gasteiger partial charge in [-0.25, -0.2) is 0 Å². The van der Waals surface area contributed by atoms with Crippen molar-refractivity contribution in [3.63, 3.8) is 0 Å². The Labute approximate surface area is 159 Å². The smallest absolute Gasteiger partial charge is 0.234 e. The second-order valence-electron chi connectivity index (χ2n) is 8.39. The van der Waals surface area contributed by atoms with Crippen molar-refractivity contribution in [2.45, 2.75) is 44.6 Å². The van der Waals surface area contributed by atoms with Crippen LogP contribution in [0.3, 0.4) is 0 Å². The molecule has 27 heavy (non-hydrogen) atoms. The normalized spacial score (nSPS) is 22.1. The molecule has 2 fully saturated rings. The summed E-state index contributed by atoms with van der Waals surface area (Å²) in [5.41, 5.74) is 3.62. The average Bonchev–Trinajstić information content (AvgIpc) is 3.39. The van der Waals surface area contributed by atoms with Gasteiger partial charge in [0.05, 0.1) is 6.54 Å². The predicted molar refractivity (Wildman–Crippen MR) is 106 cm³/mol. The van der Waals surface area contributed by atoms with E-state index >= 15 is 0 Å². The second kappa shape index (κ2) is 6.75. The molecule has 0 unspecified atom stereocenters. The highest BCUT2D eigenvalue weighted by atomic mass is 16.2. The van der Waals surface area contributed by atoms with Crippen LogP contribution in [-0.2, 0) is 17.6 Å². The average molecular weight is 362 g/mol. The van der Waals surface area contributed by atoms with E-state index in [0.717, 1.165) is 56.0 Å². The molecule has 0 radical (unpaired) electrons. The highest BCUT2D eigenvalue weighted by Crippen LogP contribution is 2.34. The lowest BCUT2D eigenvalue weighted by atomic mass is 9.87. The number of benzene rings is 2. The zero-order valence-corrected chi connectivity index (χ0v) is 15.7. The fourth-order valence-electron chi connectivity index (χ4n) is 4.80. The molecule has 1 aliphatic heterocycles. The maximum atomic E-state index is 13.3. The van der Waals surface area contributed by atoms with Crippen LogP contribution in [0.15, 0.2) is 30.3 Å². The van der Waals surface area contributed by atoms with E-state index in [4.69, 9.17) is 0 Å². The number of carbonyl (C=O) groups excluding carboxylic acids is 2. The van der Waals surface area contributed by atoms with Gasteiger partial charge in [-0.1, -0.05) is 30.3 Å². The Hall–Kier alpha value is -2.20. The molecule has 3 aliphatic rings. The minimum atomic E-state index is -0.00839. The highest BCUT2D eigenvalue weighted by Gasteiger charge is 2.30. The molecule has 140 valence electrons. The van der Waals surface area contributed by atoms with Crippen LogP contribution >= 0.6 is 0 Å². The van der Waals surface area contributed by atoms with E-state index in [-0.39, 0.29) is 17.6 Å². The first-order valence-electron chi connectivity index (χ1n) is 10.3. The molecule has 2 aromatic carbocycles. The molecule has 1 amide bonds. The summed E-state index contributed by atoms with van der Waals surface area (Å²) in [6.07, 6.45) is 6.28. The maximum Gasteiger partial charge on any atom is 0.234 e. The van der Waals surface area contributed by atoms with Crippen molar-refractivity contribution in [3.8, 4) is 0 Å². The summed E-state index contributed by atoms with van der Waals surface area (Å²) in [7, 11) is 0. The lowest BCUT2D eigenvalue weighted by Crippen LogP contribution is -2.44. The number of nitrogens with one attached hydrogen (secondary N) is 1. The Kier molecular flexibility index (Phi) is 4.24. The molecular formula is C23H26N2O2. The van der Waals surface area contributed by atoms with Gasteiger partial charge in [-0.05, 0) is 67.0 Å². The number of rotatable bonds is 5. The van der Waals surface area contributed by atoms with E-state index in [0.29, 0.717) is 19.1 Å². The van der Waals surface area contributed by atoms with E-state index in [1.807, 2.05) is 6.07 Å². The van der Waals surface area contributed by atoms with Crippen molar-refractivity contribution in [2.24, 2.45) is 5.92 Å². The SMILES string of the molecule is O=C(CN1CCC[C@H](C(=O)c2ccc3c4c(cccc24)CC3)C1)NC1CC1. The van der Waals surface area contributed by atoms with Gasteiger partial charge in [-0.15, -0.1) is 0 Å². The molecule has 1 atom stereocenters. The summed E-state index contributed by atoms with van der Waals surface area (Å²) in [6, 6.07) is 11.0. The fraction of sp³-hybridized carbons (Fsp3) is 0.478. The zero-order chi connectivity index (χ0) is 18.4. The number of likely N-dealkylation sites (tertiary alicyclic amines) is 1. The summed E-state index contributed by atoms with van der Waals surface area (Å²) in [4.78, 5) is 27.6. The molecule has 5 rings (SSSR count). The number of hydrogen-bond acceptors (Lipinski definition) is 3. The Morgan fingerprint density at radius 1 is 1.04 bits per heavy atom. The second-order valence-corrected chi connectivity index (χ2v) is 8.39. The van der Waals surface area contributed by atoms with Crippen molar-refractivity contribution in [1.82, 2.24) is 10.2 Å². The monoisotopic (exact) mass is 362 g/mol. The van der Waals surface area contributed by atoms with Gasteiger partial charge in [0.15, 0.2) is 5.78 Å². The van der Waals surface area contributed by atoms with Crippen molar-refractivity contribution in [2.75, 3.05) is 19.6 Å². The molecule has 1 N–H and O–H groups in total. The number of ketones is 1. The molecule has 4 heteroatoms. The highest BCUT2D eigenvalue weighted by molar-refractivity contribution is 6.11. The van der Waals surface area contributed by atoms with Gasteiger partial charge in [0.25, 0.3) is 0 Å². The Bertz CT molecular complexity index is 906. The Morgan fingerprint density at radius 3 is 2.67 bits per heavy atom. The largest absolute Gasteiger partial charge is 0.352 e. The van der Waals surface area contributed by atoms with Gasteiger partial charge in [0, 0.05) is 24.1 Å². The van der Waals surface area contributed by atoms with E-state index in [9.17, 15) is 9.59 Å². The Balaban J connectivity index is 1.35. The van der Waals surface area contributed by atoms with Crippen LogP contribution in [0, 0.1) is 5.92 Å². The standard InChI is InChI=1S/C23H26N2O2/c26-21(24-18-9-10-18)14-25-12-2-4-17(13-25)23(27)20-11-8-16-7-6-15-3-1-5-19(20)22(15)16/h1,3,5,8,11,17-18H,2,4,6-7,9-10,12-14H2,(H,24,26)/t17-/m0/s1. The summed E-state index contributed by atoms with van der Waals surface area (Å²) in [5, 5.41) is 5.48. The first-order chi connectivity index (χ1) is 13.2. The molecule has 0 aromatic heterocycles. The molecule has 2 aliphatic carbocycles. The molecule has 1 saturated carbocycles. The number of carbonyl (C=O) groups is 2. The summed E-state index contributed by atoms with van der Waals surface area (Å²) in [6.45, 7) is 2.02. The third kappa shape index (κ3) is 3.27. The Morgan fingerprint density at radius 2 is 1.85 bits per heavy atom. The number of piperidine rings is 1. The van der Waals surface area contributed by atoms with Crippen molar-refractivity contribution in [3.05, 3.63) is 47.0 Å². The van der Waals surface area contributed by atoms with E-state index in [1.165, 1.54) is 16.5 Å². The van der Waals surface area contributed by atoms with Crippen LogP contribution in [-0.4, -0.2) is 42.3 Å². The predicted octanol–water partition coefficient (Wildman–Crippen LogP) is 3.11. The first kappa shape index (κ1) is 16.9. The number of Topliss-reactive ketones (excluding diaryl/α,β-unsaturated/α-hetero) is 1. The molecule has 1 saturated heterocycles. The zero-order valence-electron chi connectivity index (χ0n) is 15.7. The van der Waals surface area contributed by atoms with E-state index in [1.54, 1.807) is 0 Å². The van der Waals surface area contributed by atoms with E-state index < -0.39 is 0 Å². The van der Waals surface area contributed by atoms with Crippen LogP contribution in [0.2, 0.25) is 0 Å². The summed E-state index contributed by atoms with van der Waals surface area (Å²) >= 11 is 0. The van der Waals surface area contributed by atoms with Crippen LogP contribution in [0.1, 0.15) is 47.2 Å². The number of aryl methyl sites for hydroxylation is 2. The van der Waals surface area contributed by atoms with Gasteiger partial charge < -0.3 is 5.32 Å². The van der Waals surface area contributed by atoms with Crippen LogP contribution in [0.4, 0.5) is 0 Å². The third-order valence-electron chi connectivity index (χ3n) is 6.33. The fourth-order valence-corrected chi connectivity index (χ4v) is 4.80.